The second-order valence-electron chi connectivity index (χ2n) is 3.56. The van der Waals surface area contributed by atoms with Crippen LogP contribution in [0.3, 0.4) is 0 Å². The van der Waals surface area contributed by atoms with Crippen molar-refractivity contribution in [3.63, 3.8) is 0 Å². The Morgan fingerprint density at radius 3 is 2.94 bits per heavy atom. The number of rotatable bonds is 4. The number of aromatic nitrogens is 5. The summed E-state index contributed by atoms with van der Waals surface area (Å²) < 4.78 is 1.56. The van der Waals surface area contributed by atoms with Gasteiger partial charge in [0.05, 0.1) is 0 Å². The van der Waals surface area contributed by atoms with E-state index in [4.69, 9.17) is 0 Å². The molecule has 0 unspecified atom stereocenters. The molecule has 0 atom stereocenters. The summed E-state index contributed by atoms with van der Waals surface area (Å²) in [4.78, 5) is 19.8. The van der Waals surface area contributed by atoms with Crippen molar-refractivity contribution >= 4 is 17.6 Å². The Morgan fingerprint density at radius 2 is 2.28 bits per heavy atom. The standard InChI is InChI=1S/C10H14N6OS/c1-4-16-9(17)14-15-10(16)18-8-6(2)7(11-3)12-5-13-8/h5H,4H2,1-3H3,(H,14,17)(H,11,12,13). The molecule has 8 heteroatoms. The zero-order valence-corrected chi connectivity index (χ0v) is 11.2. The van der Waals surface area contributed by atoms with Crippen molar-refractivity contribution in [2.45, 2.75) is 30.6 Å². The zero-order valence-electron chi connectivity index (χ0n) is 10.4. The van der Waals surface area contributed by atoms with Crippen molar-refractivity contribution in [2.24, 2.45) is 0 Å². The molecule has 96 valence electrons. The molecular weight excluding hydrogens is 252 g/mol. The van der Waals surface area contributed by atoms with Crippen molar-refractivity contribution in [2.75, 3.05) is 12.4 Å². The highest BCUT2D eigenvalue weighted by Crippen LogP contribution is 2.28. The SMILES string of the molecule is CCn1c(Sc2ncnc(NC)c2C)n[nH]c1=O. The maximum atomic E-state index is 11.5. The van der Waals surface area contributed by atoms with E-state index in [1.54, 1.807) is 11.6 Å². The summed E-state index contributed by atoms with van der Waals surface area (Å²) in [7, 11) is 1.81. The number of aromatic amines is 1. The Bertz CT molecular complexity index is 605. The van der Waals surface area contributed by atoms with E-state index in [9.17, 15) is 4.79 Å². The van der Waals surface area contributed by atoms with Crippen LogP contribution < -0.4 is 11.0 Å². The summed E-state index contributed by atoms with van der Waals surface area (Å²) in [6.07, 6.45) is 1.49. The minimum absolute atomic E-state index is 0.208. The molecule has 0 saturated heterocycles. The molecule has 2 N–H and O–H groups in total. The van der Waals surface area contributed by atoms with Gasteiger partial charge in [-0.3, -0.25) is 4.57 Å². The van der Waals surface area contributed by atoms with Gasteiger partial charge in [-0.1, -0.05) is 0 Å². The normalized spacial score (nSPS) is 10.6. The molecule has 2 heterocycles. The van der Waals surface area contributed by atoms with E-state index in [2.05, 4.69) is 25.5 Å². The predicted octanol–water partition coefficient (Wildman–Crippen LogP) is 0.883. The van der Waals surface area contributed by atoms with Crippen LogP contribution in [0.15, 0.2) is 21.3 Å². The Kier molecular flexibility index (Phi) is 3.66. The summed E-state index contributed by atoms with van der Waals surface area (Å²) in [5.74, 6) is 0.772. The molecule has 2 aromatic heterocycles. The van der Waals surface area contributed by atoms with E-state index in [1.165, 1.54) is 18.1 Å². The first-order valence-corrected chi connectivity index (χ1v) is 6.31. The summed E-state index contributed by atoms with van der Waals surface area (Å²) in [5, 5.41) is 10.8. The minimum atomic E-state index is -0.208. The molecular formula is C10H14N6OS. The monoisotopic (exact) mass is 266 g/mol. The molecule has 0 fully saturated rings. The lowest BCUT2D eigenvalue weighted by molar-refractivity contribution is 0.660. The average Bonchev–Trinajstić information content (AvgIpc) is 2.72. The van der Waals surface area contributed by atoms with Gasteiger partial charge in [-0.2, -0.15) is 0 Å². The molecule has 0 radical (unpaired) electrons. The van der Waals surface area contributed by atoms with Gasteiger partial charge in [0.25, 0.3) is 0 Å². The van der Waals surface area contributed by atoms with Crippen molar-refractivity contribution in [1.29, 1.82) is 0 Å². The third kappa shape index (κ3) is 2.23. The highest BCUT2D eigenvalue weighted by molar-refractivity contribution is 7.99. The second-order valence-corrected chi connectivity index (χ2v) is 4.52. The molecule has 0 aliphatic carbocycles. The van der Waals surface area contributed by atoms with Crippen LogP contribution >= 0.6 is 11.8 Å². The molecule has 7 nitrogen and oxygen atoms in total. The van der Waals surface area contributed by atoms with E-state index in [0.29, 0.717) is 11.7 Å². The van der Waals surface area contributed by atoms with Crippen LogP contribution in [0.1, 0.15) is 12.5 Å². The molecule has 0 spiro atoms. The van der Waals surface area contributed by atoms with E-state index in [1.807, 2.05) is 13.8 Å². The fourth-order valence-electron chi connectivity index (χ4n) is 1.54. The van der Waals surface area contributed by atoms with Crippen LogP contribution in [-0.4, -0.2) is 31.8 Å². The number of hydrogen-bond donors (Lipinski definition) is 2. The molecule has 0 aliphatic heterocycles. The fourth-order valence-corrected chi connectivity index (χ4v) is 2.47. The molecule has 2 aromatic rings. The predicted molar refractivity (Wildman–Crippen MR) is 69.0 cm³/mol. The van der Waals surface area contributed by atoms with Crippen LogP contribution in [0.25, 0.3) is 0 Å². The summed E-state index contributed by atoms with van der Waals surface area (Å²) in [6, 6.07) is 0. The van der Waals surface area contributed by atoms with Gasteiger partial charge in [0, 0.05) is 19.2 Å². The fraction of sp³-hybridized carbons (Fsp3) is 0.400. The van der Waals surface area contributed by atoms with Gasteiger partial charge >= 0.3 is 5.69 Å². The van der Waals surface area contributed by atoms with Gasteiger partial charge in [-0.25, -0.2) is 19.9 Å². The Hall–Kier alpha value is -1.83. The Balaban J connectivity index is 2.37. The summed E-state index contributed by atoms with van der Waals surface area (Å²) in [5.41, 5.74) is 0.726. The van der Waals surface area contributed by atoms with Gasteiger partial charge in [0.1, 0.15) is 17.2 Å². The molecule has 2 rings (SSSR count). The number of H-pyrrole nitrogens is 1. The molecule has 0 saturated carbocycles. The smallest absolute Gasteiger partial charge is 0.343 e. The van der Waals surface area contributed by atoms with Crippen molar-refractivity contribution in [3.05, 3.63) is 22.4 Å². The number of nitrogens with zero attached hydrogens (tertiary/aromatic N) is 4. The highest BCUT2D eigenvalue weighted by Gasteiger charge is 2.12. The molecule has 18 heavy (non-hydrogen) atoms. The number of nitrogens with one attached hydrogen (secondary N) is 2. The van der Waals surface area contributed by atoms with E-state index < -0.39 is 0 Å². The first-order valence-electron chi connectivity index (χ1n) is 5.49. The maximum Gasteiger partial charge on any atom is 0.343 e. The molecule has 0 aliphatic rings. The van der Waals surface area contributed by atoms with Crippen LogP contribution in [0.5, 0.6) is 0 Å². The quantitative estimate of drug-likeness (QED) is 0.799. The summed E-state index contributed by atoms with van der Waals surface area (Å²) in [6.45, 7) is 4.39. The minimum Gasteiger partial charge on any atom is -0.373 e. The first-order chi connectivity index (χ1) is 8.67. The third-order valence-electron chi connectivity index (χ3n) is 2.50. The van der Waals surface area contributed by atoms with Crippen LogP contribution in [0, 0.1) is 6.92 Å². The van der Waals surface area contributed by atoms with E-state index in [-0.39, 0.29) is 5.69 Å². The van der Waals surface area contributed by atoms with Gasteiger partial charge in [-0.05, 0) is 25.6 Å². The van der Waals surface area contributed by atoms with Crippen molar-refractivity contribution < 1.29 is 0 Å². The second kappa shape index (κ2) is 5.21. The van der Waals surface area contributed by atoms with Gasteiger partial charge < -0.3 is 5.32 Å². The summed E-state index contributed by atoms with van der Waals surface area (Å²) >= 11 is 1.35. The van der Waals surface area contributed by atoms with Crippen LogP contribution in [0.4, 0.5) is 5.82 Å². The average molecular weight is 266 g/mol. The molecule has 0 aromatic carbocycles. The largest absolute Gasteiger partial charge is 0.373 e. The van der Waals surface area contributed by atoms with Gasteiger partial charge in [-0.15, -0.1) is 5.10 Å². The lowest BCUT2D eigenvalue weighted by Crippen LogP contribution is -2.16. The van der Waals surface area contributed by atoms with Crippen LogP contribution in [-0.2, 0) is 6.54 Å². The van der Waals surface area contributed by atoms with Crippen molar-refractivity contribution in [3.8, 4) is 0 Å². The molecule has 0 bridgehead atoms. The van der Waals surface area contributed by atoms with Gasteiger partial charge in [0.15, 0.2) is 5.16 Å². The lowest BCUT2D eigenvalue weighted by Gasteiger charge is -2.07. The third-order valence-corrected chi connectivity index (χ3v) is 3.60. The van der Waals surface area contributed by atoms with Crippen molar-refractivity contribution in [1.82, 2.24) is 24.7 Å². The number of hydrogen-bond acceptors (Lipinski definition) is 6. The van der Waals surface area contributed by atoms with E-state index >= 15 is 0 Å². The molecule has 0 amide bonds. The van der Waals surface area contributed by atoms with E-state index in [0.717, 1.165) is 16.4 Å². The van der Waals surface area contributed by atoms with Gasteiger partial charge in [0.2, 0.25) is 0 Å². The Morgan fingerprint density at radius 1 is 1.50 bits per heavy atom. The number of anilines is 1. The topological polar surface area (TPSA) is 88.5 Å². The highest BCUT2D eigenvalue weighted by atomic mass is 32.2. The zero-order chi connectivity index (χ0) is 13.1. The van der Waals surface area contributed by atoms with Crippen LogP contribution in [0.2, 0.25) is 0 Å². The Labute approximate surface area is 108 Å². The first kappa shape index (κ1) is 12.6. The lowest BCUT2D eigenvalue weighted by atomic mass is 10.3. The maximum absolute atomic E-state index is 11.5.